The van der Waals surface area contributed by atoms with Crippen LogP contribution in [0, 0.1) is 19.3 Å². The van der Waals surface area contributed by atoms with Crippen molar-refractivity contribution in [2.24, 2.45) is 16.1 Å². The number of nitrogens with two attached hydrogens (primary N) is 1. The van der Waals surface area contributed by atoms with Gasteiger partial charge in [0.25, 0.3) is 5.91 Å². The van der Waals surface area contributed by atoms with Gasteiger partial charge in [0, 0.05) is 17.3 Å². The van der Waals surface area contributed by atoms with E-state index in [0.717, 1.165) is 28.8 Å². The van der Waals surface area contributed by atoms with Crippen molar-refractivity contribution in [3.63, 3.8) is 0 Å². The summed E-state index contributed by atoms with van der Waals surface area (Å²) < 4.78 is 13.9. The van der Waals surface area contributed by atoms with Crippen molar-refractivity contribution < 1.29 is 9.18 Å². The predicted octanol–water partition coefficient (Wildman–Crippen LogP) is 4.07. The molecule has 2 unspecified atom stereocenters. The smallest absolute Gasteiger partial charge is 0.263 e. The molecule has 3 atom stereocenters. The zero-order valence-corrected chi connectivity index (χ0v) is 15.5. The molecule has 3 N–H and O–H groups in total. The molecule has 0 aromatic heterocycles. The third-order valence-corrected chi connectivity index (χ3v) is 5.16. The topological polar surface area (TPSA) is 67.5 Å². The monoisotopic (exact) mass is 345 g/mol. The fourth-order valence-corrected chi connectivity index (χ4v) is 3.32. The third kappa shape index (κ3) is 4.34. The molecule has 136 valence electrons. The number of aryl methyl sites for hydroxylation is 2. The number of hydrogen-bond donors (Lipinski definition) is 2. The quantitative estimate of drug-likeness (QED) is 0.624. The lowest BCUT2D eigenvalue weighted by atomic mass is 9.71. The Morgan fingerprint density at radius 3 is 2.68 bits per heavy atom. The largest absolute Gasteiger partial charge is 0.323 e. The number of carbonyl (C=O) groups excluding carboxylic acids is 1. The van der Waals surface area contributed by atoms with E-state index in [2.05, 4.69) is 10.3 Å². The van der Waals surface area contributed by atoms with Crippen molar-refractivity contribution in [3.05, 3.63) is 41.0 Å². The third-order valence-electron chi connectivity index (χ3n) is 5.16. The van der Waals surface area contributed by atoms with Crippen molar-refractivity contribution in [1.29, 1.82) is 0 Å². The molecule has 0 spiro atoms. The number of rotatable bonds is 5. The van der Waals surface area contributed by atoms with E-state index in [1.54, 1.807) is 6.21 Å². The molecule has 0 saturated heterocycles. The highest BCUT2D eigenvalue weighted by Crippen LogP contribution is 2.40. The van der Waals surface area contributed by atoms with Crippen LogP contribution in [0.5, 0.6) is 0 Å². The molecular formula is C20H28FN3O. The van der Waals surface area contributed by atoms with Crippen molar-refractivity contribution in [3.8, 4) is 0 Å². The average molecular weight is 345 g/mol. The molecule has 1 aliphatic carbocycles. The molecule has 0 heterocycles. The zero-order valence-electron chi connectivity index (χ0n) is 15.5. The predicted molar refractivity (Wildman–Crippen MR) is 102 cm³/mol. The van der Waals surface area contributed by atoms with Gasteiger partial charge in [-0.25, -0.2) is 4.39 Å². The Morgan fingerprint density at radius 2 is 2.08 bits per heavy atom. The molecule has 0 aliphatic heterocycles. The Kier molecular flexibility index (Phi) is 6.11. The number of allylic oxidation sites excluding steroid dienone is 2. The number of nitrogens with one attached hydrogen (secondary N) is 1. The van der Waals surface area contributed by atoms with E-state index in [1.807, 2.05) is 52.0 Å². The van der Waals surface area contributed by atoms with Gasteiger partial charge in [-0.2, -0.15) is 0 Å². The van der Waals surface area contributed by atoms with Crippen molar-refractivity contribution >= 4 is 17.8 Å². The van der Waals surface area contributed by atoms with Crippen LogP contribution in [-0.2, 0) is 4.79 Å². The second-order valence-corrected chi connectivity index (χ2v) is 6.91. The van der Waals surface area contributed by atoms with Gasteiger partial charge in [0.15, 0.2) is 6.17 Å². The van der Waals surface area contributed by atoms with E-state index >= 15 is 0 Å². The van der Waals surface area contributed by atoms with Gasteiger partial charge in [0.1, 0.15) is 6.17 Å². The Labute approximate surface area is 149 Å². The number of alkyl halides is 1. The van der Waals surface area contributed by atoms with Crippen LogP contribution in [0.25, 0.3) is 0 Å². The zero-order chi connectivity index (χ0) is 18.6. The van der Waals surface area contributed by atoms with Crippen LogP contribution in [0.15, 0.2) is 34.8 Å². The van der Waals surface area contributed by atoms with Gasteiger partial charge in [-0.15, -0.1) is 0 Å². The van der Waals surface area contributed by atoms with Crippen LogP contribution in [0.3, 0.4) is 0 Å². The number of aliphatic imine (C=N–C) groups is 1. The molecule has 1 amide bonds. The summed E-state index contributed by atoms with van der Waals surface area (Å²) in [5.41, 5.74) is 9.31. The minimum Gasteiger partial charge on any atom is -0.323 e. The maximum Gasteiger partial charge on any atom is 0.263 e. The fraction of sp³-hybridized carbons (Fsp3) is 0.500. The maximum atomic E-state index is 13.9. The van der Waals surface area contributed by atoms with Gasteiger partial charge in [-0.05, 0) is 51.2 Å². The standard InChI is InChI=1S/C20H28FN3O/c1-5-20(11-16(21)10-9-15(20)4)12-23-18(22)19(25)24-17-13(2)7-6-8-14(17)3/h6-9,12,16,18H,5,10-11,22H2,1-4H3,(H,24,25)/b23-12+/t16?,18?,20-/m1/s1. The van der Waals surface area contributed by atoms with Gasteiger partial charge in [-0.3, -0.25) is 9.79 Å². The number of nitrogens with zero attached hydrogens (tertiary/aromatic N) is 1. The maximum absolute atomic E-state index is 13.9. The number of hydrogen-bond acceptors (Lipinski definition) is 3. The molecule has 1 aromatic carbocycles. The number of amides is 1. The normalized spacial score (nSPS) is 24.9. The van der Waals surface area contributed by atoms with E-state index in [4.69, 9.17) is 5.73 Å². The highest BCUT2D eigenvalue weighted by Gasteiger charge is 2.35. The summed E-state index contributed by atoms with van der Waals surface area (Å²) in [5, 5.41) is 2.85. The first-order valence-corrected chi connectivity index (χ1v) is 8.77. The van der Waals surface area contributed by atoms with Crippen LogP contribution in [-0.4, -0.2) is 24.5 Å². The molecule has 4 nitrogen and oxygen atoms in total. The first kappa shape index (κ1) is 19.3. The summed E-state index contributed by atoms with van der Waals surface area (Å²) in [6, 6.07) is 5.80. The Hall–Kier alpha value is -2.01. The van der Waals surface area contributed by atoms with Gasteiger partial charge in [-0.1, -0.05) is 36.8 Å². The Balaban J connectivity index is 2.13. The van der Waals surface area contributed by atoms with Crippen LogP contribution < -0.4 is 11.1 Å². The van der Waals surface area contributed by atoms with Crippen molar-refractivity contribution in [2.75, 3.05) is 5.32 Å². The summed E-state index contributed by atoms with van der Waals surface area (Å²) in [6.45, 7) is 7.86. The first-order valence-electron chi connectivity index (χ1n) is 8.77. The van der Waals surface area contributed by atoms with E-state index in [9.17, 15) is 9.18 Å². The van der Waals surface area contributed by atoms with E-state index in [-0.39, 0.29) is 5.91 Å². The van der Waals surface area contributed by atoms with Gasteiger partial charge in [0.2, 0.25) is 0 Å². The van der Waals surface area contributed by atoms with Crippen LogP contribution >= 0.6 is 0 Å². The molecule has 0 saturated carbocycles. The SMILES string of the molecule is CC[C@]1(/C=N/C(N)C(=O)Nc2c(C)cccc2C)CC(F)CC=C1C. The number of para-hydroxylation sites is 1. The van der Waals surface area contributed by atoms with Crippen LogP contribution in [0.2, 0.25) is 0 Å². The van der Waals surface area contributed by atoms with Crippen LogP contribution in [0.4, 0.5) is 10.1 Å². The molecule has 0 radical (unpaired) electrons. The number of benzene rings is 1. The summed E-state index contributed by atoms with van der Waals surface area (Å²) in [5.74, 6) is -0.367. The average Bonchev–Trinajstić information content (AvgIpc) is 2.58. The highest BCUT2D eigenvalue weighted by atomic mass is 19.1. The molecule has 1 aliphatic rings. The first-order chi connectivity index (χ1) is 11.8. The van der Waals surface area contributed by atoms with Gasteiger partial charge in [0.05, 0.1) is 0 Å². The molecule has 0 bridgehead atoms. The molecular weight excluding hydrogens is 317 g/mol. The van der Waals surface area contributed by atoms with Gasteiger partial charge >= 0.3 is 0 Å². The lowest BCUT2D eigenvalue weighted by molar-refractivity contribution is -0.117. The number of halogens is 1. The Morgan fingerprint density at radius 1 is 1.44 bits per heavy atom. The van der Waals surface area contributed by atoms with E-state index in [1.165, 1.54) is 0 Å². The van der Waals surface area contributed by atoms with Crippen molar-refractivity contribution in [2.45, 2.75) is 59.3 Å². The Bertz CT molecular complexity index is 678. The minimum absolute atomic E-state index is 0.367. The number of anilines is 1. The summed E-state index contributed by atoms with van der Waals surface area (Å²) in [7, 11) is 0. The summed E-state index contributed by atoms with van der Waals surface area (Å²) in [4.78, 5) is 16.7. The highest BCUT2D eigenvalue weighted by molar-refractivity contribution is 5.96. The van der Waals surface area contributed by atoms with E-state index < -0.39 is 17.8 Å². The molecule has 2 rings (SSSR count). The molecule has 0 fully saturated rings. The molecule has 25 heavy (non-hydrogen) atoms. The van der Waals surface area contributed by atoms with Crippen LogP contribution in [0.1, 0.15) is 44.2 Å². The minimum atomic E-state index is -1.02. The second kappa shape index (κ2) is 7.91. The fourth-order valence-electron chi connectivity index (χ4n) is 3.32. The lowest BCUT2D eigenvalue weighted by Gasteiger charge is -2.35. The molecule has 1 aromatic rings. The summed E-state index contributed by atoms with van der Waals surface area (Å²) >= 11 is 0. The molecule has 5 heteroatoms. The lowest BCUT2D eigenvalue weighted by Crippen LogP contribution is -2.37. The number of carbonyl (C=O) groups is 1. The summed E-state index contributed by atoms with van der Waals surface area (Å²) in [6.07, 6.45) is 3.27. The second-order valence-electron chi connectivity index (χ2n) is 6.91. The van der Waals surface area contributed by atoms with E-state index in [0.29, 0.717) is 12.8 Å². The van der Waals surface area contributed by atoms with Crippen molar-refractivity contribution in [1.82, 2.24) is 0 Å². The van der Waals surface area contributed by atoms with Gasteiger partial charge < -0.3 is 11.1 Å².